The van der Waals surface area contributed by atoms with E-state index in [1.54, 1.807) is 0 Å². The molecule has 0 aliphatic heterocycles. The molecule has 0 atom stereocenters. The summed E-state index contributed by atoms with van der Waals surface area (Å²) in [6, 6.07) is 20.0. The number of rotatable bonds is 1. The maximum absolute atomic E-state index is 4.93. The standard InChI is InChI=1S/C20H21.2ClH.Zr/c1-14-10-16-12-17(20(2,3)4)13-19(18(16)11-14)15-8-6-5-7-9-15;;;/h5-13H,1-4H3;2*1H;/q-1;;;+2/p-2. The van der Waals surface area contributed by atoms with Gasteiger partial charge in [0.2, 0.25) is 0 Å². The van der Waals surface area contributed by atoms with Crippen LogP contribution in [0.25, 0.3) is 21.9 Å². The summed E-state index contributed by atoms with van der Waals surface area (Å²) in [7, 11) is 9.87. The summed E-state index contributed by atoms with van der Waals surface area (Å²) in [6.07, 6.45) is 0. The Morgan fingerprint density at radius 1 is 0.957 bits per heavy atom. The monoisotopic (exact) mass is 421 g/mol. The molecule has 0 spiro atoms. The Kier molecular flexibility index (Phi) is 6.60. The molecule has 0 saturated carbocycles. The summed E-state index contributed by atoms with van der Waals surface area (Å²) in [5.41, 5.74) is 5.55. The van der Waals surface area contributed by atoms with Crippen molar-refractivity contribution in [3.8, 4) is 11.1 Å². The molecule has 0 bridgehead atoms. The van der Waals surface area contributed by atoms with E-state index >= 15 is 0 Å². The van der Waals surface area contributed by atoms with Gasteiger partial charge in [-0.25, -0.2) is 0 Å². The SMILES string of the molecule is Cc1cc2c(-c3ccccc3)cc(C(C)(C)C)cc2[cH-]1.[Cl][Zr][Cl]. The van der Waals surface area contributed by atoms with Crippen molar-refractivity contribution in [2.75, 3.05) is 0 Å². The zero-order valence-electron chi connectivity index (χ0n) is 14.0. The van der Waals surface area contributed by atoms with Crippen molar-refractivity contribution in [3.63, 3.8) is 0 Å². The molecule has 23 heavy (non-hydrogen) atoms. The van der Waals surface area contributed by atoms with E-state index in [1.807, 2.05) is 0 Å². The molecule has 0 nitrogen and oxygen atoms in total. The Bertz CT molecular complexity index is 767. The third-order valence-electron chi connectivity index (χ3n) is 3.92. The molecule has 120 valence electrons. The van der Waals surface area contributed by atoms with Crippen LogP contribution in [0.15, 0.2) is 54.6 Å². The van der Waals surface area contributed by atoms with Crippen LogP contribution < -0.4 is 0 Å². The first-order valence-electron chi connectivity index (χ1n) is 7.60. The summed E-state index contributed by atoms with van der Waals surface area (Å²) in [6.45, 7) is 9.00. The Morgan fingerprint density at radius 3 is 2.13 bits per heavy atom. The van der Waals surface area contributed by atoms with Crippen LogP contribution in [0, 0.1) is 6.92 Å². The molecule has 0 amide bonds. The third-order valence-corrected chi connectivity index (χ3v) is 3.92. The summed E-state index contributed by atoms with van der Waals surface area (Å²) in [5, 5.41) is 2.72. The molecule has 0 aromatic heterocycles. The molecule has 0 heterocycles. The number of hydrogen-bond donors (Lipinski definition) is 0. The van der Waals surface area contributed by atoms with Crippen molar-refractivity contribution in [3.05, 3.63) is 65.7 Å². The van der Waals surface area contributed by atoms with Gasteiger partial charge in [0.15, 0.2) is 0 Å². The third kappa shape index (κ3) is 4.75. The Balaban J connectivity index is 0.000000595. The van der Waals surface area contributed by atoms with Crippen molar-refractivity contribution >= 4 is 27.8 Å². The molecule has 0 radical (unpaired) electrons. The minimum absolute atomic E-state index is 0.170. The molecule has 0 unspecified atom stereocenters. The molecular weight excluding hydrogens is 402 g/mol. The summed E-state index contributed by atoms with van der Waals surface area (Å²) in [5.74, 6) is 0. The van der Waals surface area contributed by atoms with E-state index in [2.05, 4.69) is 82.3 Å². The Morgan fingerprint density at radius 2 is 1.57 bits per heavy atom. The second kappa shape index (κ2) is 8.06. The average Bonchev–Trinajstić information content (AvgIpc) is 2.87. The van der Waals surface area contributed by atoms with Gasteiger partial charge in [-0.2, -0.15) is 6.07 Å². The van der Waals surface area contributed by atoms with Crippen LogP contribution in [-0.4, -0.2) is 0 Å². The number of hydrogen-bond acceptors (Lipinski definition) is 0. The number of fused-ring (bicyclic) bond motifs is 1. The number of halogens is 2. The van der Waals surface area contributed by atoms with Crippen molar-refractivity contribution < 1.29 is 20.8 Å². The van der Waals surface area contributed by atoms with Crippen LogP contribution in [0.2, 0.25) is 0 Å². The Hall–Kier alpha value is -0.487. The van der Waals surface area contributed by atoms with Crippen LogP contribution in [0.4, 0.5) is 0 Å². The van der Waals surface area contributed by atoms with Gasteiger partial charge < -0.3 is 0 Å². The van der Waals surface area contributed by atoms with Gasteiger partial charge in [-0.05, 0) is 11.0 Å². The second-order valence-corrected chi connectivity index (χ2v) is 10.5. The fourth-order valence-electron chi connectivity index (χ4n) is 2.76. The van der Waals surface area contributed by atoms with Gasteiger partial charge in [-0.1, -0.05) is 75.2 Å². The zero-order valence-corrected chi connectivity index (χ0v) is 17.9. The first-order valence-corrected chi connectivity index (χ1v) is 13.9. The van der Waals surface area contributed by atoms with E-state index in [1.165, 1.54) is 33.0 Å². The predicted octanol–water partition coefficient (Wildman–Crippen LogP) is 7.21. The molecule has 3 rings (SSSR count). The molecule has 0 saturated heterocycles. The first kappa shape index (κ1) is 18.8. The predicted molar refractivity (Wildman–Crippen MR) is 100 cm³/mol. The van der Waals surface area contributed by atoms with Gasteiger partial charge in [0.25, 0.3) is 0 Å². The molecular formula is C20H21Cl2Zr-. The van der Waals surface area contributed by atoms with Crippen molar-refractivity contribution in [2.24, 2.45) is 0 Å². The number of benzene rings is 2. The van der Waals surface area contributed by atoms with Crippen molar-refractivity contribution in [1.82, 2.24) is 0 Å². The normalized spacial score (nSPS) is 11.0. The van der Waals surface area contributed by atoms with Gasteiger partial charge in [-0.3, -0.25) is 0 Å². The van der Waals surface area contributed by atoms with Crippen molar-refractivity contribution in [2.45, 2.75) is 33.1 Å². The molecule has 0 fully saturated rings. The van der Waals surface area contributed by atoms with Crippen LogP contribution in [0.1, 0.15) is 31.9 Å². The fourth-order valence-corrected chi connectivity index (χ4v) is 2.76. The van der Waals surface area contributed by atoms with Gasteiger partial charge in [0, 0.05) is 0 Å². The van der Waals surface area contributed by atoms with E-state index in [0.29, 0.717) is 0 Å². The topological polar surface area (TPSA) is 0 Å². The van der Waals surface area contributed by atoms with Crippen LogP contribution in [0.3, 0.4) is 0 Å². The van der Waals surface area contributed by atoms with Crippen LogP contribution in [-0.2, 0) is 26.3 Å². The van der Waals surface area contributed by atoms with Crippen molar-refractivity contribution in [1.29, 1.82) is 0 Å². The molecule has 3 aromatic carbocycles. The molecule has 3 aromatic rings. The van der Waals surface area contributed by atoms with E-state index in [-0.39, 0.29) is 5.41 Å². The summed E-state index contributed by atoms with van der Waals surface area (Å²) >= 11 is -0.826. The summed E-state index contributed by atoms with van der Waals surface area (Å²) in [4.78, 5) is 0. The van der Waals surface area contributed by atoms with Gasteiger partial charge in [0.05, 0.1) is 0 Å². The van der Waals surface area contributed by atoms with Gasteiger partial charge >= 0.3 is 37.9 Å². The van der Waals surface area contributed by atoms with Crippen LogP contribution >= 0.6 is 17.0 Å². The quantitative estimate of drug-likeness (QED) is 0.363. The zero-order chi connectivity index (χ0) is 17.0. The Labute approximate surface area is 157 Å². The molecule has 3 heteroatoms. The second-order valence-electron chi connectivity index (χ2n) is 6.75. The summed E-state index contributed by atoms with van der Waals surface area (Å²) < 4.78 is 0. The van der Waals surface area contributed by atoms with E-state index in [9.17, 15) is 0 Å². The average molecular weight is 424 g/mol. The van der Waals surface area contributed by atoms with E-state index in [0.717, 1.165) is 0 Å². The van der Waals surface area contributed by atoms with E-state index < -0.39 is 20.8 Å². The minimum atomic E-state index is -0.826. The molecule has 0 N–H and O–H groups in total. The van der Waals surface area contributed by atoms with Crippen LogP contribution in [0.5, 0.6) is 0 Å². The fraction of sp³-hybridized carbons (Fsp3) is 0.250. The molecule has 0 aliphatic rings. The molecule has 0 aliphatic carbocycles. The van der Waals surface area contributed by atoms with Gasteiger partial charge in [-0.15, -0.1) is 28.5 Å². The number of aryl methyl sites for hydroxylation is 1. The first-order chi connectivity index (χ1) is 10.9. The maximum atomic E-state index is 4.93. The van der Waals surface area contributed by atoms with E-state index in [4.69, 9.17) is 17.0 Å². The van der Waals surface area contributed by atoms with Gasteiger partial charge in [0.1, 0.15) is 0 Å².